The van der Waals surface area contributed by atoms with Crippen LogP contribution in [0.25, 0.3) is 0 Å². The normalized spacial score (nSPS) is 11.8. The molecule has 0 aliphatic carbocycles. The van der Waals surface area contributed by atoms with Crippen LogP contribution in [0, 0.1) is 0 Å². The highest BCUT2D eigenvalue weighted by Crippen LogP contribution is 2.29. The fourth-order valence-electron chi connectivity index (χ4n) is 2.00. The smallest absolute Gasteiger partial charge is 0.238 e. The van der Waals surface area contributed by atoms with Crippen molar-refractivity contribution in [1.29, 1.82) is 0 Å². The zero-order valence-electron chi connectivity index (χ0n) is 12.9. The third-order valence-electron chi connectivity index (χ3n) is 3.21. The molecule has 22 heavy (non-hydrogen) atoms. The van der Waals surface area contributed by atoms with E-state index in [0.717, 1.165) is 5.76 Å². The fraction of sp³-hybridized carbons (Fsp3) is 0.312. The van der Waals surface area contributed by atoms with Crippen molar-refractivity contribution >= 4 is 11.6 Å². The second-order valence-corrected chi connectivity index (χ2v) is 4.74. The molecule has 6 nitrogen and oxygen atoms in total. The van der Waals surface area contributed by atoms with Gasteiger partial charge in [-0.15, -0.1) is 0 Å². The fourth-order valence-corrected chi connectivity index (χ4v) is 2.00. The van der Waals surface area contributed by atoms with Crippen molar-refractivity contribution in [3.05, 3.63) is 42.4 Å². The third-order valence-corrected chi connectivity index (χ3v) is 3.21. The standard InChI is InChI=1S/C16H20N2O4/c1-11(13-5-4-8-22-13)17-10-16(19)18-12-6-7-14(20-2)15(9-12)21-3/h4-9,11,17H,10H2,1-3H3,(H,18,19)/t11-/m0/s1. The molecule has 0 radical (unpaired) electrons. The summed E-state index contributed by atoms with van der Waals surface area (Å²) in [6.45, 7) is 2.11. The van der Waals surface area contributed by atoms with E-state index in [1.54, 1.807) is 38.7 Å². The lowest BCUT2D eigenvalue weighted by molar-refractivity contribution is -0.115. The Balaban J connectivity index is 1.89. The van der Waals surface area contributed by atoms with Crippen LogP contribution in [0.3, 0.4) is 0 Å². The van der Waals surface area contributed by atoms with Crippen molar-refractivity contribution in [3.8, 4) is 11.5 Å². The number of ether oxygens (including phenoxy) is 2. The summed E-state index contributed by atoms with van der Waals surface area (Å²) in [6, 6.07) is 8.86. The molecule has 1 aromatic heterocycles. The number of rotatable bonds is 7. The minimum absolute atomic E-state index is 0.0360. The number of carbonyl (C=O) groups excluding carboxylic acids is 1. The summed E-state index contributed by atoms with van der Waals surface area (Å²) >= 11 is 0. The highest BCUT2D eigenvalue weighted by Gasteiger charge is 2.11. The van der Waals surface area contributed by atoms with Crippen molar-refractivity contribution in [1.82, 2.24) is 5.32 Å². The molecule has 118 valence electrons. The van der Waals surface area contributed by atoms with E-state index in [1.165, 1.54) is 0 Å². The van der Waals surface area contributed by atoms with E-state index in [4.69, 9.17) is 13.9 Å². The van der Waals surface area contributed by atoms with Crippen LogP contribution in [0.5, 0.6) is 11.5 Å². The van der Waals surface area contributed by atoms with Crippen LogP contribution in [-0.2, 0) is 4.79 Å². The first-order valence-electron chi connectivity index (χ1n) is 6.92. The molecule has 0 aliphatic rings. The lowest BCUT2D eigenvalue weighted by Crippen LogP contribution is -2.29. The maximum absolute atomic E-state index is 12.0. The van der Waals surface area contributed by atoms with Gasteiger partial charge in [-0.25, -0.2) is 0 Å². The molecule has 2 rings (SSSR count). The minimum Gasteiger partial charge on any atom is -0.493 e. The Bertz CT molecular complexity index is 611. The van der Waals surface area contributed by atoms with E-state index in [2.05, 4.69) is 10.6 Å². The second kappa shape index (κ2) is 7.51. The number of methoxy groups -OCH3 is 2. The van der Waals surface area contributed by atoms with Crippen LogP contribution in [0.4, 0.5) is 5.69 Å². The summed E-state index contributed by atoms with van der Waals surface area (Å²) in [7, 11) is 3.12. The monoisotopic (exact) mass is 304 g/mol. The molecule has 1 aromatic carbocycles. The van der Waals surface area contributed by atoms with Crippen LogP contribution < -0.4 is 20.1 Å². The maximum Gasteiger partial charge on any atom is 0.238 e. The van der Waals surface area contributed by atoms with Gasteiger partial charge in [-0.2, -0.15) is 0 Å². The van der Waals surface area contributed by atoms with E-state index in [1.807, 2.05) is 19.1 Å². The van der Waals surface area contributed by atoms with Gasteiger partial charge in [-0.3, -0.25) is 10.1 Å². The number of carbonyl (C=O) groups is 1. The zero-order valence-corrected chi connectivity index (χ0v) is 12.9. The number of anilines is 1. The molecule has 0 bridgehead atoms. The van der Waals surface area contributed by atoms with Crippen LogP contribution in [0.2, 0.25) is 0 Å². The first kappa shape index (κ1) is 15.9. The van der Waals surface area contributed by atoms with Gasteiger partial charge in [0.2, 0.25) is 5.91 Å². The Hall–Kier alpha value is -2.47. The molecule has 0 saturated heterocycles. The largest absolute Gasteiger partial charge is 0.493 e. The summed E-state index contributed by atoms with van der Waals surface area (Å²) in [4.78, 5) is 12.0. The molecule has 1 amide bonds. The molecule has 1 heterocycles. The molecule has 0 spiro atoms. The minimum atomic E-state index is -0.148. The van der Waals surface area contributed by atoms with Gasteiger partial charge < -0.3 is 19.2 Å². The Morgan fingerprint density at radius 1 is 1.23 bits per heavy atom. The van der Waals surface area contributed by atoms with Crippen molar-refractivity contribution in [2.45, 2.75) is 13.0 Å². The number of furan rings is 1. The van der Waals surface area contributed by atoms with Gasteiger partial charge in [0.05, 0.1) is 33.1 Å². The highest BCUT2D eigenvalue weighted by molar-refractivity contribution is 5.92. The van der Waals surface area contributed by atoms with Crippen LogP contribution >= 0.6 is 0 Å². The predicted octanol–water partition coefficient (Wildman–Crippen LogP) is 2.59. The van der Waals surface area contributed by atoms with Gasteiger partial charge in [0, 0.05) is 11.8 Å². The van der Waals surface area contributed by atoms with Gasteiger partial charge in [0.15, 0.2) is 11.5 Å². The third kappa shape index (κ3) is 4.02. The Labute approximate surface area is 129 Å². The molecule has 2 N–H and O–H groups in total. The first-order chi connectivity index (χ1) is 10.6. The molecule has 0 aliphatic heterocycles. The topological polar surface area (TPSA) is 72.7 Å². The Kier molecular flexibility index (Phi) is 5.43. The predicted molar refractivity (Wildman–Crippen MR) is 83.3 cm³/mol. The Morgan fingerprint density at radius 3 is 2.64 bits per heavy atom. The summed E-state index contributed by atoms with van der Waals surface area (Å²) in [5, 5.41) is 5.90. The molecular formula is C16H20N2O4. The average Bonchev–Trinajstić information content (AvgIpc) is 3.07. The highest BCUT2D eigenvalue weighted by atomic mass is 16.5. The van der Waals surface area contributed by atoms with Gasteiger partial charge in [-0.1, -0.05) is 0 Å². The number of hydrogen-bond acceptors (Lipinski definition) is 5. The van der Waals surface area contributed by atoms with Crippen molar-refractivity contribution in [2.24, 2.45) is 0 Å². The number of nitrogens with one attached hydrogen (secondary N) is 2. The molecular weight excluding hydrogens is 284 g/mol. The average molecular weight is 304 g/mol. The van der Waals surface area contributed by atoms with E-state index in [0.29, 0.717) is 17.2 Å². The van der Waals surface area contributed by atoms with Crippen molar-refractivity contribution in [3.63, 3.8) is 0 Å². The first-order valence-corrected chi connectivity index (χ1v) is 6.92. The lowest BCUT2D eigenvalue weighted by atomic mass is 10.2. The number of hydrogen-bond donors (Lipinski definition) is 2. The quantitative estimate of drug-likeness (QED) is 0.822. The molecule has 0 fully saturated rings. The SMILES string of the molecule is COc1ccc(NC(=O)CN[C@@H](C)c2ccco2)cc1OC. The van der Waals surface area contributed by atoms with Crippen LogP contribution in [0.1, 0.15) is 18.7 Å². The van der Waals surface area contributed by atoms with Crippen LogP contribution in [0.15, 0.2) is 41.0 Å². The summed E-state index contributed by atoms with van der Waals surface area (Å²) < 4.78 is 15.6. The lowest BCUT2D eigenvalue weighted by Gasteiger charge is -2.13. The summed E-state index contributed by atoms with van der Waals surface area (Å²) in [5.74, 6) is 1.83. The van der Waals surface area contributed by atoms with Gasteiger partial charge in [-0.05, 0) is 31.2 Å². The number of benzene rings is 1. The van der Waals surface area contributed by atoms with E-state index >= 15 is 0 Å². The molecule has 6 heteroatoms. The molecule has 2 aromatic rings. The van der Waals surface area contributed by atoms with Crippen LogP contribution in [-0.4, -0.2) is 26.7 Å². The van der Waals surface area contributed by atoms with Crippen molar-refractivity contribution < 1.29 is 18.7 Å². The number of amides is 1. The maximum atomic E-state index is 12.0. The summed E-state index contributed by atoms with van der Waals surface area (Å²) in [5.41, 5.74) is 0.648. The van der Waals surface area contributed by atoms with E-state index < -0.39 is 0 Å². The van der Waals surface area contributed by atoms with E-state index in [-0.39, 0.29) is 18.5 Å². The van der Waals surface area contributed by atoms with Gasteiger partial charge >= 0.3 is 0 Å². The summed E-state index contributed by atoms with van der Waals surface area (Å²) in [6.07, 6.45) is 1.61. The zero-order chi connectivity index (χ0) is 15.9. The van der Waals surface area contributed by atoms with Crippen molar-refractivity contribution in [2.75, 3.05) is 26.1 Å². The van der Waals surface area contributed by atoms with Gasteiger partial charge in [0.25, 0.3) is 0 Å². The second-order valence-electron chi connectivity index (χ2n) is 4.74. The Morgan fingerprint density at radius 2 is 2.00 bits per heavy atom. The molecule has 0 unspecified atom stereocenters. The molecule has 0 saturated carbocycles. The molecule has 1 atom stereocenters. The van der Waals surface area contributed by atoms with Gasteiger partial charge in [0.1, 0.15) is 5.76 Å². The van der Waals surface area contributed by atoms with E-state index in [9.17, 15) is 4.79 Å².